The molecule has 7 heteroatoms. The maximum atomic E-state index is 12.9. The van der Waals surface area contributed by atoms with Crippen molar-refractivity contribution in [2.45, 2.75) is 26.2 Å². The third-order valence-electron chi connectivity index (χ3n) is 4.36. The zero-order chi connectivity index (χ0) is 17.3. The largest absolute Gasteiger partial charge is 0.396 e. The lowest BCUT2D eigenvalue weighted by Gasteiger charge is -2.24. The summed E-state index contributed by atoms with van der Waals surface area (Å²) in [6.45, 7) is 5.73. The van der Waals surface area contributed by atoms with Crippen molar-refractivity contribution >= 4 is 29.9 Å². The van der Waals surface area contributed by atoms with Gasteiger partial charge in [-0.05, 0) is 43.9 Å². The van der Waals surface area contributed by atoms with Gasteiger partial charge in [0, 0.05) is 31.7 Å². The van der Waals surface area contributed by atoms with Crippen molar-refractivity contribution in [3.05, 3.63) is 35.6 Å². The van der Waals surface area contributed by atoms with Crippen LogP contribution >= 0.6 is 24.0 Å². The summed E-state index contributed by atoms with van der Waals surface area (Å²) in [5.74, 6) is 0.554. The molecule has 1 aliphatic rings. The highest BCUT2D eigenvalue weighted by Gasteiger charge is 2.34. The zero-order valence-electron chi connectivity index (χ0n) is 14.8. The molecule has 1 heterocycles. The van der Waals surface area contributed by atoms with Gasteiger partial charge >= 0.3 is 0 Å². The molecule has 0 aromatic heterocycles. The lowest BCUT2D eigenvalue weighted by molar-refractivity contribution is 0.131. The molecule has 1 fully saturated rings. The molecule has 1 saturated heterocycles. The van der Waals surface area contributed by atoms with Crippen LogP contribution in [0.1, 0.15) is 25.3 Å². The summed E-state index contributed by atoms with van der Waals surface area (Å²) in [6, 6.07) is 6.56. The topological polar surface area (TPSA) is 65.9 Å². The van der Waals surface area contributed by atoms with Crippen LogP contribution in [-0.4, -0.2) is 50.5 Å². The van der Waals surface area contributed by atoms with E-state index in [9.17, 15) is 9.50 Å². The van der Waals surface area contributed by atoms with E-state index in [4.69, 9.17) is 4.74 Å². The number of benzene rings is 1. The number of aliphatic imine (C=N–C) groups is 1. The molecule has 1 aromatic carbocycles. The Morgan fingerprint density at radius 3 is 2.68 bits per heavy atom. The molecular formula is C18H29FIN3O2. The Balaban J connectivity index is 0.00000312. The summed E-state index contributed by atoms with van der Waals surface area (Å²) in [7, 11) is 0. The fraction of sp³-hybridized carbons (Fsp3) is 0.611. The third-order valence-corrected chi connectivity index (χ3v) is 4.36. The van der Waals surface area contributed by atoms with Crippen molar-refractivity contribution in [3.8, 4) is 0 Å². The Bertz CT molecular complexity index is 520. The third kappa shape index (κ3) is 7.45. The summed E-state index contributed by atoms with van der Waals surface area (Å²) in [5.41, 5.74) is 1.04. The SMILES string of the molecule is CCNC(=NCC1(CCO)CCOC1)NCCc1ccc(F)cc1.I. The minimum Gasteiger partial charge on any atom is -0.396 e. The second kappa shape index (κ2) is 11.6. The number of nitrogens with one attached hydrogen (secondary N) is 2. The van der Waals surface area contributed by atoms with Crippen molar-refractivity contribution in [1.82, 2.24) is 10.6 Å². The second-order valence-corrected chi connectivity index (χ2v) is 6.27. The molecule has 5 nitrogen and oxygen atoms in total. The quantitative estimate of drug-likeness (QED) is 0.313. The van der Waals surface area contributed by atoms with Crippen molar-refractivity contribution in [2.24, 2.45) is 10.4 Å². The first kappa shape index (κ1) is 22.1. The van der Waals surface area contributed by atoms with Crippen molar-refractivity contribution < 1.29 is 14.2 Å². The van der Waals surface area contributed by atoms with Gasteiger partial charge in [-0.3, -0.25) is 4.99 Å². The molecule has 2 rings (SSSR count). The molecule has 3 N–H and O–H groups in total. The summed E-state index contributed by atoms with van der Waals surface area (Å²) >= 11 is 0. The first-order valence-corrected chi connectivity index (χ1v) is 8.63. The number of aliphatic hydroxyl groups is 1. The average Bonchev–Trinajstić information content (AvgIpc) is 3.04. The molecule has 142 valence electrons. The number of hydrogen-bond donors (Lipinski definition) is 3. The first-order valence-electron chi connectivity index (χ1n) is 8.63. The highest BCUT2D eigenvalue weighted by Crippen LogP contribution is 2.32. The average molecular weight is 465 g/mol. The highest BCUT2D eigenvalue weighted by molar-refractivity contribution is 14.0. The van der Waals surface area contributed by atoms with Gasteiger partial charge in [0.2, 0.25) is 0 Å². The molecule has 0 amide bonds. The fourth-order valence-corrected chi connectivity index (χ4v) is 2.85. The van der Waals surface area contributed by atoms with Gasteiger partial charge in [-0.2, -0.15) is 0 Å². The van der Waals surface area contributed by atoms with Crippen LogP contribution in [0, 0.1) is 11.2 Å². The Morgan fingerprint density at radius 1 is 1.32 bits per heavy atom. The minimum absolute atomic E-state index is 0. The number of ether oxygens (including phenoxy) is 1. The number of nitrogens with zero attached hydrogens (tertiary/aromatic N) is 1. The van der Waals surface area contributed by atoms with Gasteiger partial charge in [0.05, 0.1) is 13.2 Å². The predicted octanol–water partition coefficient (Wildman–Crippen LogP) is 2.33. The Hall–Kier alpha value is -0.930. The zero-order valence-corrected chi connectivity index (χ0v) is 17.1. The van der Waals surface area contributed by atoms with Gasteiger partial charge in [-0.25, -0.2) is 4.39 Å². The van der Waals surface area contributed by atoms with E-state index in [2.05, 4.69) is 15.6 Å². The molecule has 0 spiro atoms. The van der Waals surface area contributed by atoms with E-state index in [1.807, 2.05) is 6.92 Å². The van der Waals surface area contributed by atoms with Crippen LogP contribution in [-0.2, 0) is 11.2 Å². The van der Waals surface area contributed by atoms with Crippen LogP contribution in [0.25, 0.3) is 0 Å². The summed E-state index contributed by atoms with van der Waals surface area (Å²) in [4.78, 5) is 4.67. The smallest absolute Gasteiger partial charge is 0.191 e. The maximum Gasteiger partial charge on any atom is 0.191 e. The van der Waals surface area contributed by atoms with E-state index in [-0.39, 0.29) is 41.8 Å². The number of halogens is 2. The van der Waals surface area contributed by atoms with Gasteiger partial charge in [0.15, 0.2) is 5.96 Å². The molecule has 1 aromatic rings. The first-order chi connectivity index (χ1) is 11.7. The van der Waals surface area contributed by atoms with Crippen LogP contribution < -0.4 is 10.6 Å². The summed E-state index contributed by atoms with van der Waals surface area (Å²) in [6.07, 6.45) is 2.45. The van der Waals surface area contributed by atoms with E-state index < -0.39 is 0 Å². The lowest BCUT2D eigenvalue weighted by atomic mass is 9.84. The van der Waals surface area contributed by atoms with Crippen LogP contribution in [0.5, 0.6) is 0 Å². The molecule has 0 radical (unpaired) electrons. The molecule has 25 heavy (non-hydrogen) atoms. The second-order valence-electron chi connectivity index (χ2n) is 6.27. The van der Waals surface area contributed by atoms with E-state index in [0.29, 0.717) is 19.6 Å². The van der Waals surface area contributed by atoms with Gasteiger partial charge in [-0.1, -0.05) is 12.1 Å². The number of rotatable bonds is 8. The van der Waals surface area contributed by atoms with Crippen LogP contribution in [0.15, 0.2) is 29.3 Å². The number of hydrogen-bond acceptors (Lipinski definition) is 3. The molecule has 0 bridgehead atoms. The minimum atomic E-state index is -0.213. The van der Waals surface area contributed by atoms with Crippen molar-refractivity contribution in [2.75, 3.05) is 39.5 Å². The number of guanidine groups is 1. The highest BCUT2D eigenvalue weighted by atomic mass is 127. The van der Waals surface area contributed by atoms with Crippen molar-refractivity contribution in [1.29, 1.82) is 0 Å². The fourth-order valence-electron chi connectivity index (χ4n) is 2.85. The maximum absolute atomic E-state index is 12.9. The van der Waals surface area contributed by atoms with E-state index in [0.717, 1.165) is 44.1 Å². The molecule has 0 aliphatic carbocycles. The van der Waals surface area contributed by atoms with Crippen molar-refractivity contribution in [3.63, 3.8) is 0 Å². The van der Waals surface area contributed by atoms with Gasteiger partial charge < -0.3 is 20.5 Å². The molecule has 0 saturated carbocycles. The molecule has 1 aliphatic heterocycles. The Labute approximate surface area is 166 Å². The van der Waals surface area contributed by atoms with E-state index >= 15 is 0 Å². The summed E-state index contributed by atoms with van der Waals surface area (Å²) < 4.78 is 18.4. The number of aliphatic hydroxyl groups excluding tert-OH is 1. The van der Waals surface area contributed by atoms with Gasteiger partial charge in [-0.15, -0.1) is 24.0 Å². The lowest BCUT2D eigenvalue weighted by Crippen LogP contribution is -2.39. The van der Waals surface area contributed by atoms with Gasteiger partial charge in [0.25, 0.3) is 0 Å². The van der Waals surface area contributed by atoms with Crippen LogP contribution in [0.4, 0.5) is 4.39 Å². The Kier molecular flexibility index (Phi) is 10.3. The Morgan fingerprint density at radius 2 is 2.08 bits per heavy atom. The van der Waals surface area contributed by atoms with Crippen LogP contribution in [0.3, 0.4) is 0 Å². The van der Waals surface area contributed by atoms with E-state index in [1.54, 1.807) is 12.1 Å². The predicted molar refractivity (Wildman–Crippen MR) is 109 cm³/mol. The normalized spacial score (nSPS) is 20.2. The molecule has 1 unspecified atom stereocenters. The summed E-state index contributed by atoms with van der Waals surface area (Å²) in [5, 5.41) is 15.8. The van der Waals surface area contributed by atoms with E-state index in [1.165, 1.54) is 12.1 Å². The van der Waals surface area contributed by atoms with Gasteiger partial charge in [0.1, 0.15) is 5.82 Å². The monoisotopic (exact) mass is 465 g/mol. The standard InChI is InChI=1S/C18H28FN3O2.HI/c1-2-20-17(21-10-7-15-3-5-16(19)6-4-15)22-13-18(8-11-23)9-12-24-14-18;/h3-6,23H,2,7-14H2,1H3,(H2,20,21,22);1H. The molecular weight excluding hydrogens is 436 g/mol. The molecule has 1 atom stereocenters. The van der Waals surface area contributed by atoms with Crippen LogP contribution in [0.2, 0.25) is 0 Å².